The average molecular weight is 267 g/mol. The molecule has 2 aromatic rings. The molecule has 0 unspecified atom stereocenters. The number of benzene rings is 1. The van der Waals surface area contributed by atoms with E-state index in [-0.39, 0.29) is 5.56 Å². The number of furan rings is 1. The molecule has 0 saturated carbocycles. The fourth-order valence-electron chi connectivity index (χ4n) is 1.35. The molecule has 1 aromatic heterocycles. The second kappa shape index (κ2) is 3.90. The summed E-state index contributed by atoms with van der Waals surface area (Å²) in [5.41, 5.74) is 0.801. The number of hydrogen-bond acceptors (Lipinski definition) is 2. The van der Waals surface area contributed by atoms with Crippen molar-refractivity contribution in [3.63, 3.8) is 0 Å². The maximum absolute atomic E-state index is 11.0. The summed E-state index contributed by atoms with van der Waals surface area (Å²) in [6, 6.07) is 8.45. The van der Waals surface area contributed by atoms with E-state index < -0.39 is 5.97 Å². The van der Waals surface area contributed by atoms with E-state index in [0.29, 0.717) is 11.3 Å². The van der Waals surface area contributed by atoms with Gasteiger partial charge in [0.2, 0.25) is 0 Å². The molecule has 0 spiro atoms. The summed E-state index contributed by atoms with van der Waals surface area (Å²) in [6.07, 6.45) is 1.51. The van der Waals surface area contributed by atoms with Crippen LogP contribution in [0.1, 0.15) is 10.4 Å². The molecular formula is C11H7BrO3. The number of halogens is 1. The van der Waals surface area contributed by atoms with Gasteiger partial charge >= 0.3 is 5.97 Å². The highest BCUT2D eigenvalue weighted by molar-refractivity contribution is 9.10. The minimum atomic E-state index is -0.964. The van der Waals surface area contributed by atoms with E-state index in [4.69, 9.17) is 9.52 Å². The fourth-order valence-corrected chi connectivity index (χ4v) is 1.77. The third-order valence-electron chi connectivity index (χ3n) is 2.02. The molecule has 3 nitrogen and oxygen atoms in total. The van der Waals surface area contributed by atoms with Crippen LogP contribution in [-0.2, 0) is 0 Å². The molecule has 2 rings (SSSR count). The van der Waals surface area contributed by atoms with Crippen molar-refractivity contribution >= 4 is 21.9 Å². The predicted molar refractivity (Wildman–Crippen MR) is 58.8 cm³/mol. The second-order valence-electron chi connectivity index (χ2n) is 2.95. The van der Waals surface area contributed by atoms with Crippen molar-refractivity contribution in [1.29, 1.82) is 0 Å². The lowest BCUT2D eigenvalue weighted by molar-refractivity contribution is 0.0697. The molecule has 0 radical (unpaired) electrons. The smallest absolute Gasteiger partial charge is 0.336 e. The second-order valence-corrected chi connectivity index (χ2v) is 3.80. The van der Waals surface area contributed by atoms with Crippen LogP contribution in [0, 0.1) is 0 Å². The molecule has 1 aromatic carbocycles. The van der Waals surface area contributed by atoms with Gasteiger partial charge in [-0.2, -0.15) is 0 Å². The Morgan fingerprint density at radius 3 is 2.60 bits per heavy atom. The van der Waals surface area contributed by atoms with Crippen LogP contribution in [-0.4, -0.2) is 11.1 Å². The topological polar surface area (TPSA) is 50.4 Å². The maximum atomic E-state index is 11.0. The van der Waals surface area contributed by atoms with Gasteiger partial charge in [0, 0.05) is 5.56 Å². The molecule has 76 valence electrons. The zero-order chi connectivity index (χ0) is 10.8. The van der Waals surface area contributed by atoms with Crippen molar-refractivity contribution in [1.82, 2.24) is 0 Å². The minimum absolute atomic E-state index is 0.230. The molecule has 1 heterocycles. The molecular weight excluding hydrogens is 260 g/mol. The first-order valence-electron chi connectivity index (χ1n) is 4.26. The predicted octanol–water partition coefficient (Wildman–Crippen LogP) is 3.41. The standard InChI is InChI=1S/C11H7BrO3/c12-9-5-6-15-10(9)7-3-1-2-4-8(7)11(13)14/h1-6H,(H,13,14). The van der Waals surface area contributed by atoms with Gasteiger partial charge in [-0.25, -0.2) is 4.79 Å². The molecule has 0 aliphatic heterocycles. The summed E-state index contributed by atoms with van der Waals surface area (Å²) < 4.78 is 5.98. The van der Waals surface area contributed by atoms with Crippen LogP contribution in [0.25, 0.3) is 11.3 Å². The van der Waals surface area contributed by atoms with Gasteiger partial charge in [0.25, 0.3) is 0 Å². The van der Waals surface area contributed by atoms with Crippen LogP contribution >= 0.6 is 15.9 Å². The Bertz CT molecular complexity index is 502. The van der Waals surface area contributed by atoms with Crippen LogP contribution in [0.2, 0.25) is 0 Å². The normalized spacial score (nSPS) is 10.2. The molecule has 1 N–H and O–H groups in total. The molecule has 0 amide bonds. The molecule has 0 bridgehead atoms. The largest absolute Gasteiger partial charge is 0.478 e. The van der Waals surface area contributed by atoms with Gasteiger partial charge in [0.05, 0.1) is 16.3 Å². The molecule has 0 fully saturated rings. The van der Waals surface area contributed by atoms with Gasteiger partial charge in [0.1, 0.15) is 5.76 Å². The zero-order valence-electron chi connectivity index (χ0n) is 7.61. The van der Waals surface area contributed by atoms with E-state index in [0.717, 1.165) is 4.47 Å². The van der Waals surface area contributed by atoms with Crippen molar-refractivity contribution in [2.24, 2.45) is 0 Å². The maximum Gasteiger partial charge on any atom is 0.336 e. The van der Waals surface area contributed by atoms with E-state index >= 15 is 0 Å². The SMILES string of the molecule is O=C(O)c1ccccc1-c1occc1Br. The lowest BCUT2D eigenvalue weighted by Gasteiger charge is -2.02. The van der Waals surface area contributed by atoms with Crippen LogP contribution in [0.3, 0.4) is 0 Å². The molecule has 0 atom stereocenters. The lowest BCUT2D eigenvalue weighted by Crippen LogP contribution is -1.98. The molecule has 15 heavy (non-hydrogen) atoms. The molecule has 0 aliphatic rings. The number of carboxylic acid groups (broad SMARTS) is 1. The number of carbonyl (C=O) groups is 1. The van der Waals surface area contributed by atoms with Crippen molar-refractivity contribution in [2.45, 2.75) is 0 Å². The van der Waals surface area contributed by atoms with Crippen molar-refractivity contribution in [3.8, 4) is 11.3 Å². The molecule has 4 heteroatoms. The first-order chi connectivity index (χ1) is 7.20. The number of aromatic carboxylic acids is 1. The van der Waals surface area contributed by atoms with E-state index in [2.05, 4.69) is 15.9 Å². The first-order valence-corrected chi connectivity index (χ1v) is 5.05. The van der Waals surface area contributed by atoms with Gasteiger partial charge in [-0.05, 0) is 28.1 Å². The van der Waals surface area contributed by atoms with Crippen LogP contribution in [0.15, 0.2) is 45.5 Å². The van der Waals surface area contributed by atoms with Gasteiger partial charge in [-0.3, -0.25) is 0 Å². The Balaban J connectivity index is 2.63. The van der Waals surface area contributed by atoms with Crippen LogP contribution in [0.5, 0.6) is 0 Å². The number of rotatable bonds is 2. The summed E-state index contributed by atoms with van der Waals surface area (Å²) in [5, 5.41) is 9.00. The van der Waals surface area contributed by atoms with Crippen LogP contribution in [0.4, 0.5) is 0 Å². The van der Waals surface area contributed by atoms with Gasteiger partial charge in [0.15, 0.2) is 0 Å². The Hall–Kier alpha value is -1.55. The number of carboxylic acids is 1. The Morgan fingerprint density at radius 1 is 1.27 bits per heavy atom. The Labute approximate surface area is 94.5 Å². The van der Waals surface area contributed by atoms with E-state index in [9.17, 15) is 4.79 Å². The first kappa shape index (κ1) is 9.98. The lowest BCUT2D eigenvalue weighted by atomic mass is 10.1. The van der Waals surface area contributed by atoms with Gasteiger partial charge < -0.3 is 9.52 Å². The van der Waals surface area contributed by atoms with E-state index in [1.54, 1.807) is 30.3 Å². The quantitative estimate of drug-likeness (QED) is 0.907. The zero-order valence-corrected chi connectivity index (χ0v) is 9.19. The van der Waals surface area contributed by atoms with E-state index in [1.807, 2.05) is 0 Å². The summed E-state index contributed by atoms with van der Waals surface area (Å²) >= 11 is 3.30. The monoisotopic (exact) mass is 266 g/mol. The highest BCUT2D eigenvalue weighted by atomic mass is 79.9. The third kappa shape index (κ3) is 1.80. The third-order valence-corrected chi connectivity index (χ3v) is 2.64. The molecule has 0 saturated heterocycles. The van der Waals surface area contributed by atoms with Gasteiger partial charge in [-0.1, -0.05) is 18.2 Å². The average Bonchev–Trinajstić information content (AvgIpc) is 2.64. The highest BCUT2D eigenvalue weighted by Crippen LogP contribution is 2.31. The fraction of sp³-hybridized carbons (Fsp3) is 0. The highest BCUT2D eigenvalue weighted by Gasteiger charge is 2.15. The Kier molecular flexibility index (Phi) is 2.60. The minimum Gasteiger partial charge on any atom is -0.478 e. The summed E-state index contributed by atoms with van der Waals surface area (Å²) in [4.78, 5) is 11.0. The summed E-state index contributed by atoms with van der Waals surface area (Å²) in [5.74, 6) is -0.429. The van der Waals surface area contributed by atoms with Gasteiger partial charge in [-0.15, -0.1) is 0 Å². The van der Waals surface area contributed by atoms with Crippen molar-refractivity contribution in [2.75, 3.05) is 0 Å². The van der Waals surface area contributed by atoms with E-state index in [1.165, 1.54) is 6.26 Å². The van der Waals surface area contributed by atoms with Crippen molar-refractivity contribution in [3.05, 3.63) is 46.6 Å². The van der Waals surface area contributed by atoms with Crippen molar-refractivity contribution < 1.29 is 14.3 Å². The summed E-state index contributed by atoms with van der Waals surface area (Å²) in [6.45, 7) is 0. The Morgan fingerprint density at radius 2 is 2.00 bits per heavy atom. The van der Waals surface area contributed by atoms with Crippen LogP contribution < -0.4 is 0 Å². The summed E-state index contributed by atoms with van der Waals surface area (Å²) in [7, 11) is 0. The molecule has 0 aliphatic carbocycles. The number of hydrogen-bond donors (Lipinski definition) is 1.